The predicted octanol–water partition coefficient (Wildman–Crippen LogP) is 3.23. The van der Waals surface area contributed by atoms with Crippen molar-refractivity contribution in [2.75, 3.05) is 25.1 Å². The number of benzene rings is 1. The van der Waals surface area contributed by atoms with Crippen molar-refractivity contribution in [2.24, 2.45) is 5.92 Å². The molecule has 4 nitrogen and oxygen atoms in total. The van der Waals surface area contributed by atoms with Crippen molar-refractivity contribution in [1.29, 1.82) is 0 Å². The third kappa shape index (κ3) is 3.08. The van der Waals surface area contributed by atoms with Gasteiger partial charge in [0.15, 0.2) is 0 Å². The standard InChI is InChI=1S/C18H22N2O2/c1-2-4-15-14(3-1)7-9-19-18(15)20-16-8-10-21-12-17(16)22-11-13-5-6-13/h1-4,7,9,13,16-17H,5-6,8,10-12H2,(H,19,20)/t16-,17-/m1/s1. The summed E-state index contributed by atoms with van der Waals surface area (Å²) in [6.07, 6.45) is 5.58. The van der Waals surface area contributed by atoms with Crippen LogP contribution in [-0.4, -0.2) is 37.0 Å². The maximum absolute atomic E-state index is 6.09. The summed E-state index contributed by atoms with van der Waals surface area (Å²) in [5.74, 6) is 1.73. The number of fused-ring (bicyclic) bond motifs is 1. The summed E-state index contributed by atoms with van der Waals surface area (Å²) >= 11 is 0. The number of ether oxygens (including phenoxy) is 2. The minimum Gasteiger partial charge on any atom is -0.379 e. The Labute approximate surface area is 130 Å². The Bertz CT molecular complexity index is 637. The number of nitrogens with one attached hydrogen (secondary N) is 1. The topological polar surface area (TPSA) is 43.4 Å². The molecule has 1 aromatic heterocycles. The average Bonchev–Trinajstić information content (AvgIpc) is 3.39. The van der Waals surface area contributed by atoms with Crippen molar-refractivity contribution >= 4 is 16.6 Å². The lowest BCUT2D eigenvalue weighted by atomic mass is 10.1. The number of anilines is 1. The molecule has 2 atom stereocenters. The molecular weight excluding hydrogens is 276 g/mol. The van der Waals surface area contributed by atoms with Gasteiger partial charge < -0.3 is 14.8 Å². The van der Waals surface area contributed by atoms with Gasteiger partial charge in [-0.15, -0.1) is 0 Å². The van der Waals surface area contributed by atoms with E-state index in [1.807, 2.05) is 12.3 Å². The van der Waals surface area contributed by atoms with Crippen molar-refractivity contribution in [3.05, 3.63) is 36.5 Å². The smallest absolute Gasteiger partial charge is 0.134 e. The summed E-state index contributed by atoms with van der Waals surface area (Å²) in [5, 5.41) is 5.98. The second-order valence-electron chi connectivity index (χ2n) is 6.31. The fourth-order valence-electron chi connectivity index (χ4n) is 3.00. The summed E-state index contributed by atoms with van der Waals surface area (Å²) in [7, 11) is 0. The third-order valence-corrected chi connectivity index (χ3v) is 4.54. The molecule has 0 bridgehead atoms. The first-order valence-electron chi connectivity index (χ1n) is 8.20. The van der Waals surface area contributed by atoms with Gasteiger partial charge in [0.05, 0.1) is 12.6 Å². The van der Waals surface area contributed by atoms with Gasteiger partial charge in [-0.25, -0.2) is 4.98 Å². The van der Waals surface area contributed by atoms with Crippen molar-refractivity contribution < 1.29 is 9.47 Å². The van der Waals surface area contributed by atoms with E-state index in [0.29, 0.717) is 6.61 Å². The predicted molar refractivity (Wildman–Crippen MR) is 87.1 cm³/mol. The normalized spacial score (nSPS) is 25.3. The number of aromatic nitrogens is 1. The molecular formula is C18H22N2O2. The monoisotopic (exact) mass is 298 g/mol. The molecule has 4 heteroatoms. The third-order valence-electron chi connectivity index (χ3n) is 4.54. The molecule has 1 aliphatic carbocycles. The highest BCUT2D eigenvalue weighted by molar-refractivity contribution is 5.91. The Morgan fingerprint density at radius 3 is 3.00 bits per heavy atom. The molecule has 0 radical (unpaired) electrons. The van der Waals surface area contributed by atoms with Crippen LogP contribution in [0.25, 0.3) is 10.8 Å². The first-order chi connectivity index (χ1) is 10.9. The van der Waals surface area contributed by atoms with E-state index in [1.54, 1.807) is 0 Å². The van der Waals surface area contributed by atoms with Gasteiger partial charge in [-0.3, -0.25) is 0 Å². The molecule has 0 unspecified atom stereocenters. The Morgan fingerprint density at radius 2 is 2.09 bits per heavy atom. The van der Waals surface area contributed by atoms with Crippen LogP contribution in [-0.2, 0) is 9.47 Å². The molecule has 1 saturated carbocycles. The van der Waals surface area contributed by atoms with E-state index >= 15 is 0 Å². The van der Waals surface area contributed by atoms with Crippen LogP contribution in [0.3, 0.4) is 0 Å². The second-order valence-corrected chi connectivity index (χ2v) is 6.31. The molecule has 1 saturated heterocycles. The van der Waals surface area contributed by atoms with E-state index in [-0.39, 0.29) is 12.1 Å². The van der Waals surface area contributed by atoms with Gasteiger partial charge in [0.2, 0.25) is 0 Å². The lowest BCUT2D eigenvalue weighted by molar-refractivity contribution is -0.0598. The van der Waals surface area contributed by atoms with Crippen molar-refractivity contribution in [1.82, 2.24) is 4.98 Å². The Balaban J connectivity index is 1.51. The lowest BCUT2D eigenvalue weighted by Crippen LogP contribution is -2.44. The fraction of sp³-hybridized carbons (Fsp3) is 0.500. The first kappa shape index (κ1) is 14.0. The van der Waals surface area contributed by atoms with E-state index in [2.05, 4.69) is 34.6 Å². The number of hydrogen-bond acceptors (Lipinski definition) is 4. The van der Waals surface area contributed by atoms with Gasteiger partial charge in [-0.1, -0.05) is 24.3 Å². The van der Waals surface area contributed by atoms with Gasteiger partial charge in [0, 0.05) is 24.8 Å². The molecule has 0 amide bonds. The summed E-state index contributed by atoms with van der Waals surface area (Å²) in [4.78, 5) is 4.54. The molecule has 2 aliphatic rings. The van der Waals surface area contributed by atoms with E-state index < -0.39 is 0 Å². The number of rotatable bonds is 5. The average molecular weight is 298 g/mol. The molecule has 4 rings (SSSR count). The van der Waals surface area contributed by atoms with Crippen LogP contribution in [0.5, 0.6) is 0 Å². The zero-order valence-corrected chi connectivity index (χ0v) is 12.7. The van der Waals surface area contributed by atoms with Crippen LogP contribution in [0, 0.1) is 5.92 Å². The molecule has 1 N–H and O–H groups in total. The summed E-state index contributed by atoms with van der Waals surface area (Å²) < 4.78 is 11.7. The maximum Gasteiger partial charge on any atom is 0.134 e. The van der Waals surface area contributed by atoms with Crippen LogP contribution in [0.1, 0.15) is 19.3 Å². The van der Waals surface area contributed by atoms with Crippen LogP contribution < -0.4 is 5.32 Å². The quantitative estimate of drug-likeness (QED) is 0.920. The van der Waals surface area contributed by atoms with Gasteiger partial charge in [0.1, 0.15) is 11.9 Å². The highest BCUT2D eigenvalue weighted by Gasteiger charge is 2.30. The summed E-state index contributed by atoms with van der Waals surface area (Å²) in [5.41, 5.74) is 0. The van der Waals surface area contributed by atoms with Crippen molar-refractivity contribution in [2.45, 2.75) is 31.4 Å². The van der Waals surface area contributed by atoms with E-state index in [4.69, 9.17) is 9.47 Å². The van der Waals surface area contributed by atoms with E-state index in [0.717, 1.165) is 36.8 Å². The zero-order chi connectivity index (χ0) is 14.8. The number of nitrogens with zero attached hydrogens (tertiary/aromatic N) is 1. The van der Waals surface area contributed by atoms with Gasteiger partial charge in [0.25, 0.3) is 0 Å². The first-order valence-corrected chi connectivity index (χ1v) is 8.20. The summed E-state index contributed by atoms with van der Waals surface area (Å²) in [6, 6.07) is 10.7. The minimum atomic E-state index is 0.120. The molecule has 1 aromatic carbocycles. The van der Waals surface area contributed by atoms with Gasteiger partial charge in [-0.2, -0.15) is 0 Å². The second kappa shape index (κ2) is 6.23. The molecule has 116 valence electrons. The Morgan fingerprint density at radius 1 is 1.18 bits per heavy atom. The van der Waals surface area contributed by atoms with Crippen molar-refractivity contribution in [3.63, 3.8) is 0 Å². The van der Waals surface area contributed by atoms with Crippen LogP contribution in [0.15, 0.2) is 36.5 Å². The largest absolute Gasteiger partial charge is 0.379 e. The SMILES string of the molecule is c1ccc2c(N[C@@H]3CCOC[C@H]3OCC3CC3)nccc2c1. The fourth-order valence-corrected chi connectivity index (χ4v) is 3.00. The van der Waals surface area contributed by atoms with Crippen LogP contribution >= 0.6 is 0 Å². The van der Waals surface area contributed by atoms with E-state index in [1.165, 1.54) is 18.2 Å². The number of pyridine rings is 1. The summed E-state index contributed by atoms with van der Waals surface area (Å²) in [6.45, 7) is 2.33. The highest BCUT2D eigenvalue weighted by atomic mass is 16.5. The highest BCUT2D eigenvalue weighted by Crippen LogP contribution is 2.30. The van der Waals surface area contributed by atoms with Crippen molar-refractivity contribution in [3.8, 4) is 0 Å². The Hall–Kier alpha value is -1.65. The molecule has 2 aromatic rings. The molecule has 2 fully saturated rings. The lowest BCUT2D eigenvalue weighted by Gasteiger charge is -2.32. The van der Waals surface area contributed by atoms with Gasteiger partial charge in [-0.05, 0) is 36.6 Å². The Kier molecular flexibility index (Phi) is 3.95. The zero-order valence-electron chi connectivity index (χ0n) is 12.7. The molecule has 0 spiro atoms. The maximum atomic E-state index is 6.09. The van der Waals surface area contributed by atoms with Crippen LogP contribution in [0.2, 0.25) is 0 Å². The molecule has 22 heavy (non-hydrogen) atoms. The van der Waals surface area contributed by atoms with Gasteiger partial charge >= 0.3 is 0 Å². The molecule has 1 aliphatic heterocycles. The minimum absolute atomic E-state index is 0.120. The number of hydrogen-bond donors (Lipinski definition) is 1. The molecule has 2 heterocycles. The van der Waals surface area contributed by atoms with Crippen LogP contribution in [0.4, 0.5) is 5.82 Å². The van der Waals surface area contributed by atoms with E-state index in [9.17, 15) is 0 Å².